The second-order valence-electron chi connectivity index (χ2n) is 3.58. The molecule has 0 saturated carbocycles. The van der Waals surface area contributed by atoms with Gasteiger partial charge in [-0.05, 0) is 30.3 Å². The van der Waals surface area contributed by atoms with Crippen molar-refractivity contribution in [2.24, 2.45) is 0 Å². The summed E-state index contributed by atoms with van der Waals surface area (Å²) in [6.45, 7) is 0. The zero-order chi connectivity index (χ0) is 13.8. The van der Waals surface area contributed by atoms with Gasteiger partial charge in [-0.2, -0.15) is 10.5 Å². The van der Waals surface area contributed by atoms with Crippen molar-refractivity contribution in [2.75, 3.05) is 0 Å². The topological polar surface area (TPSA) is 56.8 Å². The lowest BCUT2D eigenvalue weighted by atomic mass is 10.2. The largest absolute Gasteiger partial charge is 0.454 e. The third-order valence-electron chi connectivity index (χ3n) is 2.37. The molecule has 2 aromatic carbocycles. The molecule has 19 heavy (non-hydrogen) atoms. The molecule has 0 bridgehead atoms. The van der Waals surface area contributed by atoms with Gasteiger partial charge in [0.05, 0.1) is 5.56 Å². The molecule has 0 heterocycles. The minimum Gasteiger partial charge on any atom is -0.454 e. The van der Waals surface area contributed by atoms with Crippen LogP contribution in [0.2, 0.25) is 0 Å². The van der Waals surface area contributed by atoms with Gasteiger partial charge < -0.3 is 4.74 Å². The summed E-state index contributed by atoms with van der Waals surface area (Å²) < 4.78 is 19.6. The van der Waals surface area contributed by atoms with Crippen molar-refractivity contribution in [1.29, 1.82) is 10.5 Å². The molecule has 0 atom stereocenters. The molecule has 92 valence electrons. The maximum atomic E-state index is 13.4. The second-order valence-corrected chi connectivity index (χ2v) is 4.49. The molecule has 3 nitrogen and oxygen atoms in total. The van der Waals surface area contributed by atoms with Crippen LogP contribution in [-0.4, -0.2) is 0 Å². The van der Waals surface area contributed by atoms with Crippen LogP contribution in [0.25, 0.3) is 0 Å². The lowest BCUT2D eigenvalue weighted by Crippen LogP contribution is -1.93. The van der Waals surface area contributed by atoms with Crippen LogP contribution >= 0.6 is 15.9 Å². The van der Waals surface area contributed by atoms with Gasteiger partial charge in [-0.25, -0.2) is 4.39 Å². The standard InChI is InChI=1S/C14H6BrFN2O/c15-10-4-5-13(9(6-10)7-17)19-14-3-1-2-12(16)11(14)8-18/h1-6H. The van der Waals surface area contributed by atoms with Crippen LogP contribution in [0.1, 0.15) is 11.1 Å². The average molecular weight is 317 g/mol. The van der Waals surface area contributed by atoms with E-state index in [0.717, 1.165) is 4.47 Å². The van der Waals surface area contributed by atoms with E-state index >= 15 is 0 Å². The second kappa shape index (κ2) is 5.51. The number of hydrogen-bond donors (Lipinski definition) is 0. The Kier molecular flexibility index (Phi) is 3.79. The summed E-state index contributed by atoms with van der Waals surface area (Å²) in [6.07, 6.45) is 0. The maximum absolute atomic E-state index is 13.4. The molecule has 0 N–H and O–H groups in total. The first-order chi connectivity index (χ1) is 9.15. The highest BCUT2D eigenvalue weighted by Gasteiger charge is 2.12. The van der Waals surface area contributed by atoms with Gasteiger partial charge in [-0.1, -0.05) is 22.0 Å². The van der Waals surface area contributed by atoms with Crippen LogP contribution in [0.5, 0.6) is 11.5 Å². The van der Waals surface area contributed by atoms with E-state index in [2.05, 4.69) is 15.9 Å². The summed E-state index contributed by atoms with van der Waals surface area (Å²) in [5, 5.41) is 17.9. The molecule has 2 aromatic rings. The Labute approximate surface area is 117 Å². The third-order valence-corrected chi connectivity index (χ3v) is 2.86. The fourth-order valence-corrected chi connectivity index (χ4v) is 1.86. The van der Waals surface area contributed by atoms with Gasteiger partial charge in [0.1, 0.15) is 35.0 Å². The molecule has 0 amide bonds. The zero-order valence-corrected chi connectivity index (χ0v) is 11.1. The molecular formula is C14H6BrFN2O. The van der Waals surface area contributed by atoms with Crippen molar-refractivity contribution in [1.82, 2.24) is 0 Å². The highest BCUT2D eigenvalue weighted by atomic mass is 79.9. The van der Waals surface area contributed by atoms with E-state index in [4.69, 9.17) is 15.3 Å². The first-order valence-corrected chi connectivity index (χ1v) is 6.01. The van der Waals surface area contributed by atoms with Crippen molar-refractivity contribution in [3.63, 3.8) is 0 Å². The molecule has 0 unspecified atom stereocenters. The van der Waals surface area contributed by atoms with Crippen LogP contribution in [-0.2, 0) is 0 Å². The predicted octanol–water partition coefficient (Wildman–Crippen LogP) is 4.12. The molecule has 0 fully saturated rings. The number of nitrogens with zero attached hydrogens (tertiary/aromatic N) is 2. The predicted molar refractivity (Wildman–Crippen MR) is 70.0 cm³/mol. The lowest BCUT2D eigenvalue weighted by Gasteiger charge is -2.09. The van der Waals surface area contributed by atoms with Gasteiger partial charge in [0.25, 0.3) is 0 Å². The quantitative estimate of drug-likeness (QED) is 0.837. The molecule has 0 aliphatic rings. The SMILES string of the molecule is N#Cc1cc(Br)ccc1Oc1cccc(F)c1C#N. The Morgan fingerprint density at radius 3 is 2.53 bits per heavy atom. The summed E-state index contributed by atoms with van der Waals surface area (Å²) in [5.41, 5.74) is 0.108. The lowest BCUT2D eigenvalue weighted by molar-refractivity contribution is 0.473. The fourth-order valence-electron chi connectivity index (χ4n) is 1.49. The summed E-state index contributed by atoms with van der Waals surface area (Å²) in [6, 6.07) is 12.7. The van der Waals surface area contributed by atoms with Crippen LogP contribution in [0.4, 0.5) is 4.39 Å². The number of halogens is 2. The molecule has 0 aromatic heterocycles. The van der Waals surface area contributed by atoms with Gasteiger partial charge in [-0.3, -0.25) is 0 Å². The van der Waals surface area contributed by atoms with Gasteiger partial charge >= 0.3 is 0 Å². The van der Waals surface area contributed by atoms with Crippen LogP contribution in [0.3, 0.4) is 0 Å². The smallest absolute Gasteiger partial charge is 0.148 e. The molecular weight excluding hydrogens is 311 g/mol. The number of rotatable bonds is 2. The number of ether oxygens (including phenoxy) is 1. The van der Waals surface area contributed by atoms with E-state index in [1.807, 2.05) is 6.07 Å². The molecule has 0 spiro atoms. The van der Waals surface area contributed by atoms with Crippen molar-refractivity contribution < 1.29 is 9.13 Å². The Balaban J connectivity index is 2.46. The van der Waals surface area contributed by atoms with Crippen molar-refractivity contribution in [2.45, 2.75) is 0 Å². The van der Waals surface area contributed by atoms with Crippen LogP contribution in [0.15, 0.2) is 40.9 Å². The average Bonchev–Trinajstić information content (AvgIpc) is 2.41. The zero-order valence-electron chi connectivity index (χ0n) is 9.52. The van der Waals surface area contributed by atoms with Crippen molar-refractivity contribution in [3.05, 3.63) is 57.8 Å². The Hall–Kier alpha value is -2.37. The minimum atomic E-state index is -0.657. The molecule has 0 aliphatic carbocycles. The highest BCUT2D eigenvalue weighted by molar-refractivity contribution is 9.10. The molecule has 0 aliphatic heterocycles. The van der Waals surface area contributed by atoms with E-state index in [1.54, 1.807) is 24.3 Å². The molecule has 0 radical (unpaired) electrons. The monoisotopic (exact) mass is 316 g/mol. The van der Waals surface area contributed by atoms with Gasteiger partial charge in [0.15, 0.2) is 0 Å². The van der Waals surface area contributed by atoms with Crippen molar-refractivity contribution in [3.8, 4) is 23.6 Å². The summed E-state index contributed by atoms with van der Waals surface area (Å²) in [7, 11) is 0. The molecule has 2 rings (SSSR count). The number of hydrogen-bond acceptors (Lipinski definition) is 3. The highest BCUT2D eigenvalue weighted by Crippen LogP contribution is 2.30. The maximum Gasteiger partial charge on any atom is 0.148 e. The van der Waals surface area contributed by atoms with Crippen LogP contribution in [0, 0.1) is 28.5 Å². The summed E-state index contributed by atoms with van der Waals surface area (Å²) in [5.74, 6) is -0.301. The Morgan fingerprint density at radius 1 is 1.05 bits per heavy atom. The Bertz CT molecular complexity index is 716. The van der Waals surface area contributed by atoms with E-state index < -0.39 is 5.82 Å². The number of benzene rings is 2. The fraction of sp³-hybridized carbons (Fsp3) is 0. The van der Waals surface area contributed by atoms with E-state index in [-0.39, 0.29) is 17.1 Å². The van der Waals surface area contributed by atoms with Crippen molar-refractivity contribution >= 4 is 15.9 Å². The summed E-state index contributed by atoms with van der Waals surface area (Å²) >= 11 is 3.24. The number of nitriles is 2. The normalized spacial score (nSPS) is 9.47. The molecule has 0 saturated heterocycles. The van der Waals surface area contributed by atoms with E-state index in [1.165, 1.54) is 18.2 Å². The molecule has 5 heteroatoms. The van der Waals surface area contributed by atoms with Gasteiger partial charge in [0.2, 0.25) is 0 Å². The van der Waals surface area contributed by atoms with Gasteiger partial charge in [-0.15, -0.1) is 0 Å². The minimum absolute atomic E-state index is 0.0846. The van der Waals surface area contributed by atoms with E-state index in [9.17, 15) is 4.39 Å². The first kappa shape index (κ1) is 13.1. The first-order valence-electron chi connectivity index (χ1n) is 5.22. The van der Waals surface area contributed by atoms with Gasteiger partial charge in [0, 0.05) is 4.47 Å². The Morgan fingerprint density at radius 2 is 1.84 bits per heavy atom. The van der Waals surface area contributed by atoms with Crippen LogP contribution < -0.4 is 4.74 Å². The third kappa shape index (κ3) is 2.73. The van der Waals surface area contributed by atoms with E-state index in [0.29, 0.717) is 5.56 Å². The summed E-state index contributed by atoms with van der Waals surface area (Å²) in [4.78, 5) is 0.